The van der Waals surface area contributed by atoms with Crippen molar-refractivity contribution in [1.29, 1.82) is 0 Å². The highest BCUT2D eigenvalue weighted by Crippen LogP contribution is 2.23. The number of aliphatic imine (C=N–C) groups is 1. The number of thiazole rings is 1. The molecule has 0 atom stereocenters. The smallest absolute Gasteiger partial charge is 0.191 e. The Morgan fingerprint density at radius 2 is 1.76 bits per heavy atom. The molecule has 0 aliphatic heterocycles. The largest absolute Gasteiger partial charge is 0.356 e. The molecule has 0 radical (unpaired) electrons. The van der Waals surface area contributed by atoms with Crippen LogP contribution < -0.4 is 10.6 Å². The van der Waals surface area contributed by atoms with Crippen molar-refractivity contribution in [2.45, 2.75) is 44.4 Å². The minimum atomic E-state index is -3.34. The van der Waals surface area contributed by atoms with Crippen molar-refractivity contribution >= 4 is 51.1 Å². The maximum absolute atomic E-state index is 12.6. The Hall–Kier alpha value is -1.20. The summed E-state index contributed by atoms with van der Waals surface area (Å²) in [6.45, 7) is 9.33. The topological polar surface area (TPSA) is 83.4 Å². The molecule has 162 valence electrons. The third-order valence-electron chi connectivity index (χ3n) is 4.27. The van der Waals surface area contributed by atoms with Crippen LogP contribution in [-0.4, -0.2) is 45.3 Å². The van der Waals surface area contributed by atoms with E-state index < -0.39 is 9.84 Å². The minimum absolute atomic E-state index is 0. The Bertz CT molecular complexity index is 901. The summed E-state index contributed by atoms with van der Waals surface area (Å²) in [6.07, 6.45) is 2.67. The van der Waals surface area contributed by atoms with Crippen molar-refractivity contribution in [2.24, 2.45) is 4.99 Å². The second kappa shape index (κ2) is 11.3. The van der Waals surface area contributed by atoms with E-state index in [2.05, 4.69) is 41.4 Å². The summed E-state index contributed by atoms with van der Waals surface area (Å²) in [6, 6.07) is 7.17. The van der Waals surface area contributed by atoms with Crippen molar-refractivity contribution in [1.82, 2.24) is 15.6 Å². The Kier molecular flexibility index (Phi) is 10.0. The second-order valence-corrected chi connectivity index (χ2v) is 11.1. The number of aromatic nitrogens is 1. The van der Waals surface area contributed by atoms with Crippen LogP contribution in [0.5, 0.6) is 0 Å². The number of halogens is 1. The van der Waals surface area contributed by atoms with E-state index in [4.69, 9.17) is 0 Å². The van der Waals surface area contributed by atoms with E-state index in [1.807, 2.05) is 25.3 Å². The molecule has 1 aromatic heterocycles. The zero-order valence-electron chi connectivity index (χ0n) is 17.7. The molecule has 0 aliphatic carbocycles. The number of aryl methyl sites for hydroxylation is 1. The molecule has 0 saturated heterocycles. The molecule has 0 amide bonds. The fraction of sp³-hybridized carbons (Fsp3) is 0.500. The first-order chi connectivity index (χ1) is 13.1. The van der Waals surface area contributed by atoms with Gasteiger partial charge in [0.05, 0.1) is 15.7 Å². The predicted octanol–water partition coefficient (Wildman–Crippen LogP) is 3.55. The lowest BCUT2D eigenvalue weighted by atomic mass is 9.87. The Morgan fingerprint density at radius 1 is 1.14 bits per heavy atom. The summed E-state index contributed by atoms with van der Waals surface area (Å²) in [7, 11) is -1.67. The van der Waals surface area contributed by atoms with Gasteiger partial charge >= 0.3 is 0 Å². The number of hydrogen-bond acceptors (Lipinski definition) is 5. The molecule has 6 nitrogen and oxygen atoms in total. The summed E-state index contributed by atoms with van der Waals surface area (Å²) in [5.74, 6) is 0.598. The summed E-state index contributed by atoms with van der Waals surface area (Å²) in [4.78, 5) is 10.0. The Morgan fingerprint density at radius 3 is 2.28 bits per heavy atom. The van der Waals surface area contributed by atoms with E-state index >= 15 is 0 Å². The van der Waals surface area contributed by atoms with Gasteiger partial charge in [-0.2, -0.15) is 0 Å². The predicted molar refractivity (Wildman–Crippen MR) is 133 cm³/mol. The average molecular weight is 551 g/mol. The average Bonchev–Trinajstić information content (AvgIpc) is 3.05. The van der Waals surface area contributed by atoms with Gasteiger partial charge in [-0.3, -0.25) is 4.99 Å². The number of nitrogens with one attached hydrogen (secondary N) is 2. The van der Waals surface area contributed by atoms with Gasteiger partial charge in [-0.25, -0.2) is 13.4 Å². The molecule has 1 heterocycles. The number of sulfone groups is 1. The monoisotopic (exact) mass is 550 g/mol. The van der Waals surface area contributed by atoms with Crippen LogP contribution in [0.4, 0.5) is 0 Å². The van der Waals surface area contributed by atoms with Crippen LogP contribution in [0.15, 0.2) is 40.4 Å². The van der Waals surface area contributed by atoms with Crippen molar-refractivity contribution < 1.29 is 8.42 Å². The minimum Gasteiger partial charge on any atom is -0.356 e. The summed E-state index contributed by atoms with van der Waals surface area (Å²) >= 11 is 1.68. The number of nitrogens with zero attached hydrogens (tertiary/aromatic N) is 2. The molecule has 0 unspecified atom stereocenters. The molecule has 2 aromatic rings. The molecule has 0 bridgehead atoms. The quantitative estimate of drug-likeness (QED) is 0.313. The van der Waals surface area contributed by atoms with Crippen LogP contribution in [-0.2, 0) is 21.7 Å². The van der Waals surface area contributed by atoms with E-state index in [1.165, 1.54) is 4.88 Å². The molecular formula is C20H31IN4O2S2. The number of benzene rings is 1. The van der Waals surface area contributed by atoms with Gasteiger partial charge < -0.3 is 10.6 Å². The first-order valence-electron chi connectivity index (χ1n) is 9.31. The zero-order valence-corrected chi connectivity index (χ0v) is 21.6. The standard InChI is InChI=1S/C20H30N4O2S2.HI/c1-15-14-24-18(27-15)10-11-22-19(21-5)23-12-13-28(25,26)17-8-6-16(7-9-17)20(2,3)4;/h6-9,14H,10-13H2,1-5H3,(H2,21,22,23);1H. The van der Waals surface area contributed by atoms with Crippen LogP contribution in [0.25, 0.3) is 0 Å². The summed E-state index contributed by atoms with van der Waals surface area (Å²) in [5, 5.41) is 7.32. The van der Waals surface area contributed by atoms with Gasteiger partial charge in [0.15, 0.2) is 15.8 Å². The highest BCUT2D eigenvalue weighted by Gasteiger charge is 2.17. The molecule has 29 heavy (non-hydrogen) atoms. The molecule has 0 fully saturated rings. The lowest BCUT2D eigenvalue weighted by Gasteiger charge is -2.19. The van der Waals surface area contributed by atoms with Gasteiger partial charge in [-0.05, 0) is 30.0 Å². The molecule has 0 saturated carbocycles. The Labute approximate surface area is 195 Å². The first kappa shape index (κ1) is 25.8. The van der Waals surface area contributed by atoms with Gasteiger partial charge in [0.1, 0.15) is 0 Å². The van der Waals surface area contributed by atoms with Crippen molar-refractivity contribution in [3.8, 4) is 0 Å². The van der Waals surface area contributed by atoms with Gasteiger partial charge in [0, 0.05) is 37.6 Å². The fourth-order valence-corrected chi connectivity index (χ4v) is 4.55. The highest BCUT2D eigenvalue weighted by atomic mass is 127. The zero-order chi connectivity index (χ0) is 20.8. The first-order valence-corrected chi connectivity index (χ1v) is 11.8. The van der Waals surface area contributed by atoms with E-state index in [9.17, 15) is 8.42 Å². The van der Waals surface area contributed by atoms with E-state index in [0.717, 1.165) is 17.0 Å². The van der Waals surface area contributed by atoms with Crippen LogP contribution in [0, 0.1) is 6.92 Å². The molecule has 9 heteroatoms. The summed E-state index contributed by atoms with van der Waals surface area (Å²) in [5.41, 5.74) is 1.11. The SMILES string of the molecule is CN=C(NCCc1ncc(C)s1)NCCS(=O)(=O)c1ccc(C(C)(C)C)cc1.I. The number of hydrogen-bond donors (Lipinski definition) is 2. The lowest BCUT2D eigenvalue weighted by molar-refractivity contribution is 0.586. The van der Waals surface area contributed by atoms with Crippen molar-refractivity contribution in [3.05, 3.63) is 45.9 Å². The fourth-order valence-electron chi connectivity index (χ4n) is 2.61. The van der Waals surface area contributed by atoms with Crippen LogP contribution in [0.1, 0.15) is 36.2 Å². The summed E-state index contributed by atoms with van der Waals surface area (Å²) < 4.78 is 25.1. The van der Waals surface area contributed by atoms with Gasteiger partial charge in [0.2, 0.25) is 0 Å². The molecule has 0 spiro atoms. The van der Waals surface area contributed by atoms with Crippen LogP contribution in [0.3, 0.4) is 0 Å². The molecule has 2 N–H and O–H groups in total. The Balaban J connectivity index is 0.00000420. The van der Waals surface area contributed by atoms with Gasteiger partial charge in [-0.15, -0.1) is 35.3 Å². The van der Waals surface area contributed by atoms with Gasteiger partial charge in [-0.1, -0.05) is 32.9 Å². The van der Waals surface area contributed by atoms with Crippen molar-refractivity contribution in [2.75, 3.05) is 25.9 Å². The van der Waals surface area contributed by atoms with Gasteiger partial charge in [0.25, 0.3) is 0 Å². The third-order valence-corrected chi connectivity index (χ3v) is 6.97. The maximum atomic E-state index is 12.6. The van der Waals surface area contributed by atoms with Crippen LogP contribution in [0.2, 0.25) is 0 Å². The third kappa shape index (κ3) is 8.21. The molecule has 2 rings (SSSR count). The van der Waals surface area contributed by atoms with E-state index in [-0.39, 0.29) is 35.1 Å². The molecule has 0 aliphatic rings. The second-order valence-electron chi connectivity index (χ2n) is 7.63. The molecule has 1 aromatic carbocycles. The lowest BCUT2D eigenvalue weighted by Crippen LogP contribution is -2.40. The van der Waals surface area contributed by atoms with E-state index in [1.54, 1.807) is 30.5 Å². The number of guanidine groups is 1. The highest BCUT2D eigenvalue weighted by molar-refractivity contribution is 14.0. The normalized spacial score (nSPS) is 12.4. The molecular weight excluding hydrogens is 519 g/mol. The van der Waals surface area contributed by atoms with Crippen molar-refractivity contribution in [3.63, 3.8) is 0 Å². The van der Waals surface area contributed by atoms with E-state index in [0.29, 0.717) is 23.9 Å². The maximum Gasteiger partial charge on any atom is 0.191 e. The number of rotatable bonds is 7. The van der Waals surface area contributed by atoms with Crippen LogP contribution >= 0.6 is 35.3 Å².